The van der Waals surface area contributed by atoms with E-state index in [0.717, 1.165) is 49.8 Å². The van der Waals surface area contributed by atoms with Gasteiger partial charge in [-0.3, -0.25) is 19.9 Å². The van der Waals surface area contributed by atoms with Crippen LogP contribution in [-0.4, -0.2) is 19.9 Å². The Balaban J connectivity index is 1.27. The third-order valence-electron chi connectivity index (χ3n) is 9.71. The highest BCUT2D eigenvalue weighted by Gasteiger charge is 2.17. The third kappa shape index (κ3) is 4.10. The van der Waals surface area contributed by atoms with Crippen molar-refractivity contribution in [1.82, 2.24) is 19.9 Å². The number of benzene rings is 7. The van der Waals surface area contributed by atoms with Gasteiger partial charge < -0.3 is 0 Å². The summed E-state index contributed by atoms with van der Waals surface area (Å²) in [6, 6.07) is 41.8. The number of fused-ring (bicyclic) bond motifs is 2. The smallest absolute Gasteiger partial charge is 0.0891 e. The maximum Gasteiger partial charge on any atom is 0.0891 e. The zero-order valence-electron chi connectivity index (χ0n) is 25.8. The van der Waals surface area contributed by atoms with Crippen LogP contribution in [0.3, 0.4) is 0 Å². The Labute approximate surface area is 276 Å². The first-order valence-electron chi connectivity index (χ1n) is 16.1. The predicted molar refractivity (Wildman–Crippen MR) is 198 cm³/mol. The molecule has 222 valence electrons. The van der Waals surface area contributed by atoms with Crippen LogP contribution in [0.1, 0.15) is 0 Å². The standard InChI is InChI=1S/C44H26N4/c1-3-7-34-29(5-1)22-46-24-40(34)32-19-31(20-33(21-32)41-25-47-23-30-6-2-4-8-35(30)41)36-13-9-27-12-16-39-37(42-26-45-17-18-48-42)14-10-28-11-15-38(36)43(27)44(28)39/h1-26H. The molecule has 0 bridgehead atoms. The molecule has 3 heterocycles. The van der Waals surface area contributed by atoms with Gasteiger partial charge in [0.15, 0.2) is 0 Å². The molecule has 10 rings (SSSR count). The van der Waals surface area contributed by atoms with Gasteiger partial charge in [-0.25, -0.2) is 0 Å². The summed E-state index contributed by atoms with van der Waals surface area (Å²) in [7, 11) is 0. The second kappa shape index (κ2) is 10.5. The fourth-order valence-electron chi connectivity index (χ4n) is 7.50. The van der Waals surface area contributed by atoms with E-state index in [1.165, 1.54) is 48.7 Å². The second-order valence-corrected chi connectivity index (χ2v) is 12.4. The molecule has 7 aromatic carbocycles. The van der Waals surface area contributed by atoms with Crippen LogP contribution in [0, 0.1) is 0 Å². The van der Waals surface area contributed by atoms with E-state index >= 15 is 0 Å². The summed E-state index contributed by atoms with van der Waals surface area (Å²) in [6.07, 6.45) is 13.2. The highest BCUT2D eigenvalue weighted by molar-refractivity contribution is 6.27. The SMILES string of the molecule is c1ccc2c(-c3cc(-c4cncc5ccccc45)cc(-c4ccc5ccc6c(-c7cnccn7)ccc7ccc4c5c76)c3)cncc2c1. The Kier molecular flexibility index (Phi) is 5.84. The number of hydrogen-bond donors (Lipinski definition) is 0. The lowest BCUT2D eigenvalue weighted by Crippen LogP contribution is -1.92. The first kappa shape index (κ1) is 26.7. The van der Waals surface area contributed by atoms with Crippen molar-refractivity contribution in [1.29, 1.82) is 0 Å². The fraction of sp³-hybridized carbons (Fsp3) is 0. The minimum atomic E-state index is 0.875. The number of hydrogen-bond acceptors (Lipinski definition) is 4. The quantitative estimate of drug-likeness (QED) is 0.186. The normalized spacial score (nSPS) is 11.8. The van der Waals surface area contributed by atoms with Gasteiger partial charge in [0, 0.05) is 64.6 Å². The predicted octanol–water partition coefficient (Wildman–Crippen LogP) is 11.1. The highest BCUT2D eigenvalue weighted by Crippen LogP contribution is 2.44. The molecule has 0 aliphatic heterocycles. The summed E-state index contributed by atoms with van der Waals surface area (Å²) in [6.45, 7) is 0. The zero-order chi connectivity index (χ0) is 31.6. The molecule has 0 aliphatic carbocycles. The number of aromatic nitrogens is 4. The Morgan fingerprint density at radius 2 is 0.854 bits per heavy atom. The van der Waals surface area contributed by atoms with Crippen molar-refractivity contribution in [3.8, 4) is 44.6 Å². The van der Waals surface area contributed by atoms with Crippen LogP contribution >= 0.6 is 0 Å². The van der Waals surface area contributed by atoms with Gasteiger partial charge in [-0.15, -0.1) is 0 Å². The molecule has 10 aromatic rings. The van der Waals surface area contributed by atoms with Crippen molar-refractivity contribution in [2.45, 2.75) is 0 Å². The monoisotopic (exact) mass is 610 g/mol. The van der Waals surface area contributed by atoms with E-state index in [4.69, 9.17) is 0 Å². The average Bonchev–Trinajstić information content (AvgIpc) is 3.16. The van der Waals surface area contributed by atoms with Crippen LogP contribution in [0.15, 0.2) is 159 Å². The van der Waals surface area contributed by atoms with Crippen LogP contribution in [0.2, 0.25) is 0 Å². The molecule has 0 N–H and O–H groups in total. The average molecular weight is 611 g/mol. The molecule has 0 atom stereocenters. The largest absolute Gasteiger partial charge is 0.263 e. The van der Waals surface area contributed by atoms with Crippen LogP contribution in [0.4, 0.5) is 0 Å². The van der Waals surface area contributed by atoms with Gasteiger partial charge in [-0.1, -0.05) is 97.1 Å². The van der Waals surface area contributed by atoms with Crippen molar-refractivity contribution in [3.05, 3.63) is 159 Å². The van der Waals surface area contributed by atoms with Gasteiger partial charge in [0.1, 0.15) is 0 Å². The molecular weight excluding hydrogens is 585 g/mol. The van der Waals surface area contributed by atoms with Gasteiger partial charge in [0.05, 0.1) is 11.9 Å². The molecule has 0 amide bonds. The summed E-state index contributed by atoms with van der Waals surface area (Å²) in [4.78, 5) is 18.3. The van der Waals surface area contributed by atoms with Crippen LogP contribution in [-0.2, 0) is 0 Å². The van der Waals surface area contributed by atoms with Crippen molar-refractivity contribution < 1.29 is 0 Å². The number of rotatable bonds is 4. The van der Waals surface area contributed by atoms with Crippen molar-refractivity contribution in [3.63, 3.8) is 0 Å². The van der Waals surface area contributed by atoms with Crippen LogP contribution in [0.5, 0.6) is 0 Å². The summed E-state index contributed by atoms with van der Waals surface area (Å²) in [5.41, 5.74) is 8.76. The highest BCUT2D eigenvalue weighted by atomic mass is 14.8. The summed E-state index contributed by atoms with van der Waals surface area (Å²) < 4.78 is 0. The lowest BCUT2D eigenvalue weighted by atomic mass is 9.86. The van der Waals surface area contributed by atoms with Crippen LogP contribution < -0.4 is 0 Å². The Morgan fingerprint density at radius 1 is 0.333 bits per heavy atom. The molecule has 48 heavy (non-hydrogen) atoms. The van der Waals surface area contributed by atoms with Gasteiger partial charge in [0.2, 0.25) is 0 Å². The number of pyridine rings is 2. The van der Waals surface area contributed by atoms with Gasteiger partial charge >= 0.3 is 0 Å². The Hall–Kier alpha value is -6.52. The molecule has 4 heteroatoms. The maximum absolute atomic E-state index is 4.66. The molecule has 0 aliphatic rings. The molecular formula is C44H26N4. The molecule has 4 nitrogen and oxygen atoms in total. The van der Waals surface area contributed by atoms with Crippen molar-refractivity contribution >= 4 is 53.9 Å². The van der Waals surface area contributed by atoms with E-state index < -0.39 is 0 Å². The second-order valence-electron chi connectivity index (χ2n) is 12.4. The summed E-state index contributed by atoms with van der Waals surface area (Å²) >= 11 is 0. The third-order valence-corrected chi connectivity index (χ3v) is 9.71. The van der Waals surface area contributed by atoms with E-state index in [1.54, 1.807) is 12.4 Å². The summed E-state index contributed by atoms with van der Waals surface area (Å²) in [5, 5.41) is 11.9. The lowest BCUT2D eigenvalue weighted by Gasteiger charge is -2.18. The zero-order valence-corrected chi connectivity index (χ0v) is 25.8. The molecule has 0 saturated carbocycles. The first-order valence-corrected chi connectivity index (χ1v) is 16.1. The van der Waals surface area contributed by atoms with Gasteiger partial charge in [-0.2, -0.15) is 0 Å². The molecule has 0 spiro atoms. The van der Waals surface area contributed by atoms with E-state index in [0.29, 0.717) is 0 Å². The number of nitrogens with zero attached hydrogens (tertiary/aromatic N) is 4. The Bertz CT molecular complexity index is 2730. The van der Waals surface area contributed by atoms with E-state index in [9.17, 15) is 0 Å². The minimum Gasteiger partial charge on any atom is -0.263 e. The molecule has 0 radical (unpaired) electrons. The minimum absolute atomic E-state index is 0.875. The van der Waals surface area contributed by atoms with E-state index in [2.05, 4.69) is 135 Å². The van der Waals surface area contributed by atoms with Crippen molar-refractivity contribution in [2.75, 3.05) is 0 Å². The topological polar surface area (TPSA) is 51.6 Å². The Morgan fingerprint density at radius 3 is 1.44 bits per heavy atom. The maximum atomic E-state index is 4.66. The first-order chi connectivity index (χ1) is 23.8. The van der Waals surface area contributed by atoms with Gasteiger partial charge in [-0.05, 0) is 83.5 Å². The van der Waals surface area contributed by atoms with E-state index in [1.807, 2.05) is 31.0 Å². The fourth-order valence-corrected chi connectivity index (χ4v) is 7.50. The van der Waals surface area contributed by atoms with Crippen LogP contribution in [0.25, 0.3) is 98.5 Å². The van der Waals surface area contributed by atoms with Crippen molar-refractivity contribution in [2.24, 2.45) is 0 Å². The lowest BCUT2D eigenvalue weighted by molar-refractivity contribution is 1.21. The molecule has 0 unspecified atom stereocenters. The van der Waals surface area contributed by atoms with Gasteiger partial charge in [0.25, 0.3) is 0 Å². The molecule has 0 fully saturated rings. The molecule has 0 saturated heterocycles. The van der Waals surface area contributed by atoms with E-state index in [-0.39, 0.29) is 0 Å². The molecule has 3 aromatic heterocycles. The summed E-state index contributed by atoms with van der Waals surface area (Å²) in [5.74, 6) is 0.